The van der Waals surface area contributed by atoms with Crippen LogP contribution in [0.3, 0.4) is 0 Å². The van der Waals surface area contributed by atoms with Crippen LogP contribution in [-0.4, -0.2) is 99.6 Å². The SMILES string of the molecule is CCn1cc(C(=O)NCC2=C(C(=O)O)N3C(=O)C(NC(=O)/C(=N\OC(C)(C)C(=O)O)c4csc(N)n4)[C@H]3SC2)c(=O)c2c(C#N)c(O)c(O)cc21. The lowest BCUT2D eigenvalue weighted by atomic mass is 10.0. The van der Waals surface area contributed by atoms with Crippen molar-refractivity contribution in [2.45, 2.75) is 44.3 Å². The van der Waals surface area contributed by atoms with Crippen LogP contribution >= 0.6 is 23.1 Å². The first kappa shape index (κ1) is 36.1. The van der Waals surface area contributed by atoms with Gasteiger partial charge in [0.15, 0.2) is 22.3 Å². The van der Waals surface area contributed by atoms with Crippen LogP contribution in [0, 0.1) is 11.3 Å². The summed E-state index contributed by atoms with van der Waals surface area (Å²) in [6, 6.07) is 1.52. The van der Waals surface area contributed by atoms with Crippen LogP contribution in [0.4, 0.5) is 5.13 Å². The summed E-state index contributed by atoms with van der Waals surface area (Å²) in [6.07, 6.45) is 1.20. The number of phenolic OH excluding ortho intramolecular Hbond substituents is 2. The van der Waals surface area contributed by atoms with Crippen molar-refractivity contribution in [3.05, 3.63) is 56.0 Å². The molecule has 1 unspecified atom stereocenters. The number of carboxylic acids is 2. The highest BCUT2D eigenvalue weighted by Gasteiger charge is 2.54. The molecule has 2 atom stereocenters. The first-order valence-corrected chi connectivity index (χ1v) is 16.7. The second-order valence-corrected chi connectivity index (χ2v) is 13.5. The third kappa shape index (κ3) is 6.49. The summed E-state index contributed by atoms with van der Waals surface area (Å²) >= 11 is 2.04. The fraction of sp³-hybridized carbons (Fsp3) is 0.300. The van der Waals surface area contributed by atoms with Crippen molar-refractivity contribution in [2.24, 2.45) is 5.16 Å². The molecule has 0 spiro atoms. The number of rotatable bonds is 11. The summed E-state index contributed by atoms with van der Waals surface area (Å²) in [5.41, 5.74) is 1.19. The molecule has 1 aromatic carbocycles. The second-order valence-electron chi connectivity index (χ2n) is 11.5. The number of aromatic nitrogens is 2. The number of β-lactam (4-membered cyclic amide) rings is 1. The molecule has 3 amide bonds. The van der Waals surface area contributed by atoms with Crippen LogP contribution < -0.4 is 21.8 Å². The van der Waals surface area contributed by atoms with Crippen molar-refractivity contribution in [1.29, 1.82) is 5.26 Å². The molecule has 1 saturated heterocycles. The van der Waals surface area contributed by atoms with Gasteiger partial charge < -0.3 is 46.2 Å². The minimum Gasteiger partial charge on any atom is -0.504 e. The lowest BCUT2D eigenvalue weighted by Crippen LogP contribution is -2.71. The molecule has 19 nitrogen and oxygen atoms in total. The summed E-state index contributed by atoms with van der Waals surface area (Å²) in [5.74, 6) is -7.08. The number of nitriles is 1. The predicted octanol–water partition coefficient (Wildman–Crippen LogP) is 0.0955. The number of thioether (sulfide) groups is 1. The van der Waals surface area contributed by atoms with E-state index in [4.69, 9.17) is 10.6 Å². The Labute approximate surface area is 294 Å². The monoisotopic (exact) mass is 740 g/mol. The topological polar surface area (TPSA) is 300 Å². The quantitative estimate of drug-likeness (QED) is 0.0593. The Hall–Kier alpha value is -6.14. The number of hydrogen-bond donors (Lipinski definition) is 7. The van der Waals surface area contributed by atoms with Crippen LogP contribution in [0.15, 0.2) is 38.9 Å². The van der Waals surface area contributed by atoms with E-state index in [2.05, 4.69) is 20.8 Å². The molecule has 4 heterocycles. The van der Waals surface area contributed by atoms with Gasteiger partial charge in [-0.25, -0.2) is 14.6 Å². The zero-order chi connectivity index (χ0) is 37.5. The zero-order valence-electron chi connectivity index (χ0n) is 26.8. The van der Waals surface area contributed by atoms with Gasteiger partial charge in [0.25, 0.3) is 17.7 Å². The largest absolute Gasteiger partial charge is 0.504 e. The number of hydrogen-bond acceptors (Lipinski definition) is 15. The number of fused-ring (bicyclic) bond motifs is 2. The number of carboxylic acid groups (broad SMARTS) is 2. The predicted molar refractivity (Wildman–Crippen MR) is 180 cm³/mol. The lowest BCUT2D eigenvalue weighted by molar-refractivity contribution is -0.161. The Morgan fingerprint density at radius 2 is 1.94 bits per heavy atom. The highest BCUT2D eigenvalue weighted by molar-refractivity contribution is 8.00. The van der Waals surface area contributed by atoms with E-state index < -0.39 is 92.7 Å². The Bertz CT molecular complexity index is 2200. The number of carbonyl (C=O) groups is 5. The van der Waals surface area contributed by atoms with Crippen LogP contribution in [0.1, 0.15) is 42.4 Å². The van der Waals surface area contributed by atoms with Crippen molar-refractivity contribution >= 4 is 74.5 Å². The van der Waals surface area contributed by atoms with Crippen molar-refractivity contribution in [3.63, 3.8) is 0 Å². The molecule has 8 N–H and O–H groups in total. The fourth-order valence-corrected chi connectivity index (χ4v) is 7.06. The molecule has 21 heteroatoms. The number of nitrogen functional groups attached to an aromatic ring is 1. The van der Waals surface area contributed by atoms with E-state index in [9.17, 15) is 54.5 Å². The first-order valence-electron chi connectivity index (χ1n) is 14.7. The van der Waals surface area contributed by atoms with Crippen LogP contribution in [0.25, 0.3) is 10.9 Å². The van der Waals surface area contributed by atoms with E-state index in [-0.39, 0.29) is 39.6 Å². The Morgan fingerprint density at radius 1 is 1.24 bits per heavy atom. The van der Waals surface area contributed by atoms with Gasteiger partial charge in [0.2, 0.25) is 11.0 Å². The summed E-state index contributed by atoms with van der Waals surface area (Å²) < 4.78 is 1.42. The number of pyridine rings is 1. The maximum absolute atomic E-state index is 13.4. The molecule has 2 aliphatic rings. The molecule has 1 fully saturated rings. The van der Waals surface area contributed by atoms with E-state index >= 15 is 0 Å². The van der Waals surface area contributed by atoms with Gasteiger partial charge in [0.1, 0.15) is 40.0 Å². The van der Waals surface area contributed by atoms with Crippen molar-refractivity contribution in [2.75, 3.05) is 18.0 Å². The number of thiazole rings is 1. The normalized spacial score (nSPS) is 17.3. The van der Waals surface area contributed by atoms with Crippen molar-refractivity contribution in [3.8, 4) is 17.6 Å². The number of nitrogens with zero attached hydrogens (tertiary/aromatic N) is 5. The average molecular weight is 741 g/mol. The van der Waals surface area contributed by atoms with Crippen LogP contribution in [-0.2, 0) is 30.6 Å². The molecule has 0 radical (unpaired) electrons. The molecule has 3 aromatic rings. The molecule has 0 saturated carbocycles. The van der Waals surface area contributed by atoms with Gasteiger partial charge in [-0.3, -0.25) is 24.1 Å². The summed E-state index contributed by atoms with van der Waals surface area (Å²) in [4.78, 5) is 87.1. The minimum atomic E-state index is -1.84. The van der Waals surface area contributed by atoms with Crippen LogP contribution in [0.2, 0.25) is 0 Å². The smallest absolute Gasteiger partial charge is 0.352 e. The molecule has 0 aliphatic carbocycles. The third-order valence-electron chi connectivity index (χ3n) is 7.88. The van der Waals surface area contributed by atoms with E-state index in [1.54, 1.807) is 13.0 Å². The molecule has 51 heavy (non-hydrogen) atoms. The van der Waals surface area contributed by atoms with Gasteiger partial charge in [-0.2, -0.15) is 5.26 Å². The Kier molecular flexibility index (Phi) is 9.67. The van der Waals surface area contributed by atoms with Gasteiger partial charge in [0, 0.05) is 36.5 Å². The van der Waals surface area contributed by atoms with E-state index in [0.29, 0.717) is 0 Å². The Morgan fingerprint density at radius 3 is 2.53 bits per heavy atom. The van der Waals surface area contributed by atoms with Gasteiger partial charge >= 0.3 is 11.9 Å². The maximum atomic E-state index is 13.4. The van der Waals surface area contributed by atoms with E-state index in [1.807, 2.05) is 0 Å². The molecule has 0 bridgehead atoms. The average Bonchev–Trinajstić information content (AvgIpc) is 3.51. The molecule has 2 aliphatic heterocycles. The number of nitrogens with two attached hydrogens (primary N) is 1. The standard InChI is InChI=1S/C30H28N8O11S2/c1-4-37-8-13(22(41)17-12(6-31)21(40)16(39)5-15(17)37)23(42)33-7-11-9-50-26-19(25(44)38(26)20(11)27(45)46)35-24(43)18(14-10-51-29(32)34-14)36-49-30(2,3)28(47)48/h5,8,10,19,26,39-40H,4,7,9H2,1-3H3,(H2,32,34)(H,33,42)(H,35,43)(H,45,46)(H,47,48)/b36-18-/t19?,26-/m1/s1. The van der Waals surface area contributed by atoms with Gasteiger partial charge in [-0.15, -0.1) is 23.1 Å². The number of aliphatic carboxylic acids is 2. The number of anilines is 1. The number of amides is 3. The number of carbonyl (C=O) groups excluding carboxylic acids is 3. The molecule has 2 aromatic heterocycles. The lowest BCUT2D eigenvalue weighted by Gasteiger charge is -2.49. The highest BCUT2D eigenvalue weighted by Crippen LogP contribution is 2.40. The van der Waals surface area contributed by atoms with Crippen molar-refractivity contribution < 1.29 is 49.2 Å². The number of aryl methyl sites for hydroxylation is 1. The number of oxime groups is 1. The molecule has 5 rings (SSSR count). The summed E-state index contributed by atoms with van der Waals surface area (Å²) in [7, 11) is 0. The number of aromatic hydroxyl groups is 2. The van der Waals surface area contributed by atoms with E-state index in [1.165, 1.54) is 30.0 Å². The summed E-state index contributed by atoms with van der Waals surface area (Å²) in [5, 5.41) is 58.1. The minimum absolute atomic E-state index is 0.0230. The second kappa shape index (κ2) is 13.6. The summed E-state index contributed by atoms with van der Waals surface area (Å²) in [6.45, 7) is 3.86. The highest BCUT2D eigenvalue weighted by atomic mass is 32.2. The zero-order valence-corrected chi connectivity index (χ0v) is 28.4. The van der Waals surface area contributed by atoms with Gasteiger partial charge in [0.05, 0.1) is 10.9 Å². The molecular formula is C30H28N8O11S2. The maximum Gasteiger partial charge on any atom is 0.352 e. The number of phenols is 2. The third-order valence-corrected chi connectivity index (χ3v) is 9.89. The van der Waals surface area contributed by atoms with Crippen LogP contribution in [0.5, 0.6) is 11.5 Å². The van der Waals surface area contributed by atoms with Crippen molar-refractivity contribution in [1.82, 2.24) is 25.1 Å². The fourth-order valence-electron chi connectivity index (χ4n) is 5.16. The number of nitrogens with one attached hydrogen (secondary N) is 2. The first-order chi connectivity index (χ1) is 24.0. The molecule has 266 valence electrons. The van der Waals surface area contributed by atoms with Gasteiger partial charge in [-0.05, 0) is 26.3 Å². The number of benzene rings is 1. The van der Waals surface area contributed by atoms with E-state index in [0.717, 1.165) is 34.1 Å². The Balaban J connectivity index is 1.37. The van der Waals surface area contributed by atoms with Gasteiger partial charge in [-0.1, -0.05) is 5.16 Å². The molecular weight excluding hydrogens is 713 g/mol.